The number of ether oxygens (including phenoxy) is 3. The van der Waals surface area contributed by atoms with Crippen LogP contribution in [0.1, 0.15) is 0 Å². The lowest BCUT2D eigenvalue weighted by atomic mass is 9.95. The first kappa shape index (κ1) is 29.0. The molecule has 15 heteroatoms. The molecule has 0 unspecified atom stereocenters. The molecular formula is C21H8BBr8N3O3. The molecule has 6 nitrogen and oxygen atoms in total. The Kier molecular flexibility index (Phi) is 10.0. The molecule has 4 rings (SSSR count). The largest absolute Gasteiger partial charge is 0.423 e. The van der Waals surface area contributed by atoms with E-state index in [0.717, 1.165) is 23.4 Å². The molecule has 184 valence electrons. The molecule has 0 saturated carbocycles. The van der Waals surface area contributed by atoms with Crippen LogP contribution in [0.25, 0.3) is 0 Å². The van der Waals surface area contributed by atoms with Crippen LogP contribution < -0.4 is 19.7 Å². The van der Waals surface area contributed by atoms with Gasteiger partial charge in [0.15, 0.2) is 11.5 Å². The predicted octanol–water partition coefficient (Wildman–Crippen LogP) is 9.61. The van der Waals surface area contributed by atoms with E-state index in [1.54, 1.807) is 0 Å². The van der Waals surface area contributed by atoms with Gasteiger partial charge < -0.3 is 14.2 Å². The van der Waals surface area contributed by atoms with E-state index in [1.165, 1.54) is 0 Å². The highest BCUT2D eigenvalue weighted by Crippen LogP contribution is 2.41. The zero-order valence-electron chi connectivity index (χ0n) is 17.6. The fraction of sp³-hybridized carbons (Fsp3) is 0. The van der Waals surface area contributed by atoms with Crippen LogP contribution in [0, 0.1) is 0 Å². The fourth-order valence-corrected chi connectivity index (χ4v) is 9.16. The van der Waals surface area contributed by atoms with Gasteiger partial charge in [-0.05, 0) is 115 Å². The van der Waals surface area contributed by atoms with Gasteiger partial charge in [-0.2, -0.15) is 0 Å². The van der Waals surface area contributed by atoms with Crippen molar-refractivity contribution < 1.29 is 14.2 Å². The third-order valence-electron chi connectivity index (χ3n) is 4.27. The van der Waals surface area contributed by atoms with E-state index in [0.29, 0.717) is 35.1 Å². The number of benzene rings is 3. The van der Waals surface area contributed by atoms with Gasteiger partial charge in [-0.15, -0.1) is 15.0 Å². The highest BCUT2D eigenvalue weighted by molar-refractivity contribution is 9.12. The minimum absolute atomic E-state index is 0.0187. The summed E-state index contributed by atoms with van der Waals surface area (Å²) in [6.45, 7) is 0. The topological polar surface area (TPSA) is 66.4 Å². The Morgan fingerprint density at radius 3 is 1.06 bits per heavy atom. The molecular weight excluding hydrogens is 992 g/mol. The van der Waals surface area contributed by atoms with Crippen molar-refractivity contribution >= 4 is 141 Å². The third kappa shape index (κ3) is 7.13. The van der Waals surface area contributed by atoms with Gasteiger partial charge in [0.25, 0.3) is 0 Å². The molecule has 0 aliphatic rings. The maximum atomic E-state index is 6.06. The summed E-state index contributed by atoms with van der Waals surface area (Å²) >= 11 is 27.9. The van der Waals surface area contributed by atoms with Crippen molar-refractivity contribution in [2.75, 3.05) is 0 Å². The van der Waals surface area contributed by atoms with Gasteiger partial charge in [0.1, 0.15) is 13.6 Å². The van der Waals surface area contributed by atoms with Crippen molar-refractivity contribution in [3.8, 4) is 35.3 Å². The number of nitrogens with zero attached hydrogens (tertiary/aromatic N) is 3. The van der Waals surface area contributed by atoms with E-state index >= 15 is 0 Å². The Morgan fingerprint density at radius 1 is 0.444 bits per heavy atom. The summed E-state index contributed by atoms with van der Waals surface area (Å²) in [5.74, 6) is 1.47. The van der Waals surface area contributed by atoms with Gasteiger partial charge in [-0.25, -0.2) is 0 Å². The second kappa shape index (κ2) is 12.4. The highest BCUT2D eigenvalue weighted by atomic mass is 79.9. The number of aromatic nitrogens is 3. The molecule has 0 atom stereocenters. The van der Waals surface area contributed by atoms with Crippen molar-refractivity contribution in [3.63, 3.8) is 0 Å². The second-order valence-electron chi connectivity index (χ2n) is 6.92. The summed E-state index contributed by atoms with van der Waals surface area (Å²) in [6, 6.07) is 11.1. The average molecular weight is 1000 g/mol. The van der Waals surface area contributed by atoms with E-state index < -0.39 is 0 Å². The maximum absolute atomic E-state index is 6.06. The SMILES string of the molecule is Bc1cc(Br)cc(Br)c1Oc1nc(Oc2c(Br)cc(Br)cc2Br)nc(Oc2c(Br)cc(Br)cc2Br)n1. The summed E-state index contributed by atoms with van der Waals surface area (Å²) in [4.78, 5) is 13.1. The third-order valence-corrected chi connectivity index (χ3v) is 8.59. The van der Waals surface area contributed by atoms with Crippen LogP contribution in [0.5, 0.6) is 35.3 Å². The van der Waals surface area contributed by atoms with Crippen LogP contribution in [-0.2, 0) is 0 Å². The van der Waals surface area contributed by atoms with Gasteiger partial charge in [-0.3, -0.25) is 0 Å². The summed E-state index contributed by atoms with van der Waals surface area (Å²) in [5.41, 5.74) is 0.860. The Morgan fingerprint density at radius 2 is 0.722 bits per heavy atom. The summed E-state index contributed by atoms with van der Waals surface area (Å²) in [6.07, 6.45) is 0. The Balaban J connectivity index is 1.79. The van der Waals surface area contributed by atoms with E-state index in [4.69, 9.17) is 14.2 Å². The van der Waals surface area contributed by atoms with Crippen molar-refractivity contribution in [1.82, 2.24) is 15.0 Å². The zero-order valence-corrected chi connectivity index (χ0v) is 30.2. The normalized spacial score (nSPS) is 10.9. The number of hydrogen-bond donors (Lipinski definition) is 0. The van der Waals surface area contributed by atoms with Crippen molar-refractivity contribution in [1.29, 1.82) is 0 Å². The lowest BCUT2D eigenvalue weighted by molar-refractivity contribution is 0.359. The number of hydrogen-bond acceptors (Lipinski definition) is 6. The molecule has 0 radical (unpaired) electrons. The second-order valence-corrected chi connectivity index (χ2v) is 13.9. The van der Waals surface area contributed by atoms with Gasteiger partial charge in [-0.1, -0.05) is 53.9 Å². The lowest BCUT2D eigenvalue weighted by Gasteiger charge is -2.14. The molecule has 3 aromatic carbocycles. The Hall–Kier alpha value is -0.0251. The maximum Gasteiger partial charge on any atom is 0.331 e. The average Bonchev–Trinajstić information content (AvgIpc) is 2.76. The number of rotatable bonds is 6. The number of halogens is 8. The molecule has 0 fully saturated rings. The highest BCUT2D eigenvalue weighted by Gasteiger charge is 2.19. The lowest BCUT2D eigenvalue weighted by Crippen LogP contribution is -2.09. The first-order valence-corrected chi connectivity index (χ1v) is 15.9. The van der Waals surface area contributed by atoms with Crippen LogP contribution in [0.15, 0.2) is 72.2 Å². The quantitative estimate of drug-likeness (QED) is 0.180. The van der Waals surface area contributed by atoms with Crippen LogP contribution in [0.2, 0.25) is 0 Å². The van der Waals surface area contributed by atoms with E-state index in [-0.39, 0.29) is 18.0 Å². The molecule has 0 aliphatic carbocycles. The Labute approximate surface area is 274 Å². The van der Waals surface area contributed by atoms with Gasteiger partial charge in [0.2, 0.25) is 0 Å². The van der Waals surface area contributed by atoms with E-state index in [1.807, 2.05) is 44.2 Å². The monoisotopic (exact) mass is 992 g/mol. The van der Waals surface area contributed by atoms with Gasteiger partial charge in [0.05, 0.1) is 22.4 Å². The van der Waals surface area contributed by atoms with Crippen LogP contribution >= 0.6 is 127 Å². The fourth-order valence-electron chi connectivity index (χ4n) is 2.80. The summed E-state index contributed by atoms with van der Waals surface area (Å²) in [5, 5.41) is 0. The molecule has 0 amide bonds. The van der Waals surface area contributed by atoms with Crippen LogP contribution in [-0.4, -0.2) is 22.8 Å². The van der Waals surface area contributed by atoms with Crippen LogP contribution in [0.4, 0.5) is 0 Å². The first-order chi connectivity index (χ1) is 17.0. The minimum Gasteiger partial charge on any atom is -0.423 e. The van der Waals surface area contributed by atoms with Gasteiger partial charge >= 0.3 is 18.0 Å². The molecule has 0 saturated heterocycles. The summed E-state index contributed by atoms with van der Waals surface area (Å²) < 4.78 is 24.2. The predicted molar refractivity (Wildman–Crippen MR) is 169 cm³/mol. The molecule has 1 heterocycles. The smallest absolute Gasteiger partial charge is 0.331 e. The molecule has 1 aromatic heterocycles. The van der Waals surface area contributed by atoms with E-state index in [2.05, 4.69) is 142 Å². The van der Waals surface area contributed by atoms with Gasteiger partial charge in [0, 0.05) is 13.4 Å². The first-order valence-electron chi connectivity index (χ1n) is 9.54. The molecule has 0 aliphatic heterocycles. The zero-order chi connectivity index (χ0) is 26.1. The molecule has 36 heavy (non-hydrogen) atoms. The standard InChI is InChI=1S/C21H8BBr8N3O3/c22-10-1-7(23)2-11(26)16(10)34-19-31-20(35-17-12(27)3-8(24)4-13(17)28)33-21(32-19)36-18-14(29)5-9(25)6-15(18)30/h1-6H,22H2. The van der Waals surface area contributed by atoms with Crippen molar-refractivity contribution in [2.24, 2.45) is 0 Å². The van der Waals surface area contributed by atoms with Crippen molar-refractivity contribution in [2.45, 2.75) is 0 Å². The van der Waals surface area contributed by atoms with Crippen LogP contribution in [0.3, 0.4) is 0 Å². The summed E-state index contributed by atoms with van der Waals surface area (Å²) in [7, 11) is 1.91. The molecule has 0 bridgehead atoms. The molecule has 4 aromatic rings. The minimum atomic E-state index is -0.0334. The molecule has 0 N–H and O–H groups in total. The van der Waals surface area contributed by atoms with Crippen molar-refractivity contribution in [3.05, 3.63) is 72.2 Å². The van der Waals surface area contributed by atoms with E-state index in [9.17, 15) is 0 Å². The molecule has 0 spiro atoms. The Bertz CT molecular complexity index is 1240.